The third-order valence-corrected chi connectivity index (χ3v) is 7.95. The maximum absolute atomic E-state index is 15.1. The molecule has 0 unspecified atom stereocenters. The van der Waals surface area contributed by atoms with Gasteiger partial charge < -0.3 is 9.64 Å². The van der Waals surface area contributed by atoms with Gasteiger partial charge in [-0.15, -0.1) is 0 Å². The number of amides is 1. The molecule has 2 aliphatic rings. The third-order valence-electron chi connectivity index (χ3n) is 6.13. The van der Waals surface area contributed by atoms with Crippen molar-refractivity contribution in [2.24, 2.45) is 0 Å². The van der Waals surface area contributed by atoms with Crippen LogP contribution in [0.5, 0.6) is 5.88 Å². The number of hydrogen-bond acceptors (Lipinski definition) is 8. The van der Waals surface area contributed by atoms with Gasteiger partial charge in [0, 0.05) is 18.3 Å². The summed E-state index contributed by atoms with van der Waals surface area (Å²) in [5.41, 5.74) is 1.34. The molecule has 0 radical (unpaired) electrons. The SMILES string of the molecule is CCOc1cncc(-c2ccc(C(=O)N3CCC[C@@H]3c3ccnc(NS(=O)(=O)C4CC4)n3)c(F)c2)n1. The standard InChI is InChI=1S/C24H25FN6O4S/c1-2-35-22-14-26-13-20(28-22)15-5-8-17(18(25)12-15)23(32)31-11-3-4-21(31)19-9-10-27-24(29-19)30-36(33,34)16-6-7-16/h5,8-10,12-14,16,21H,2-4,6-7,11H2,1H3,(H,27,29,30)/t21-/m1/s1. The molecule has 36 heavy (non-hydrogen) atoms. The van der Waals surface area contributed by atoms with Crippen molar-refractivity contribution in [3.8, 4) is 17.1 Å². The van der Waals surface area contributed by atoms with Crippen molar-refractivity contribution in [3.63, 3.8) is 0 Å². The molecule has 1 saturated carbocycles. The smallest absolute Gasteiger partial charge is 0.257 e. The molecule has 3 heterocycles. The van der Waals surface area contributed by atoms with E-state index >= 15 is 4.39 Å². The average Bonchev–Trinajstić information content (AvgIpc) is 3.62. The molecule has 0 bridgehead atoms. The Morgan fingerprint density at radius 1 is 1.19 bits per heavy atom. The summed E-state index contributed by atoms with van der Waals surface area (Å²) in [7, 11) is -3.51. The molecule has 188 valence electrons. The van der Waals surface area contributed by atoms with Crippen LogP contribution < -0.4 is 9.46 Å². The van der Waals surface area contributed by atoms with Gasteiger partial charge in [-0.1, -0.05) is 6.07 Å². The fourth-order valence-electron chi connectivity index (χ4n) is 4.22. The summed E-state index contributed by atoms with van der Waals surface area (Å²) in [4.78, 5) is 31.7. The number of nitrogens with zero attached hydrogens (tertiary/aromatic N) is 5. The van der Waals surface area contributed by atoms with Gasteiger partial charge in [0.2, 0.25) is 21.9 Å². The number of likely N-dealkylation sites (tertiary alicyclic amines) is 1. The van der Waals surface area contributed by atoms with E-state index in [1.54, 1.807) is 17.0 Å². The monoisotopic (exact) mass is 512 g/mol. The second-order valence-corrected chi connectivity index (χ2v) is 10.6. The number of halogens is 1. The summed E-state index contributed by atoms with van der Waals surface area (Å²) in [5.74, 6) is -0.828. The van der Waals surface area contributed by atoms with Crippen LogP contribution in [0.2, 0.25) is 0 Å². The van der Waals surface area contributed by atoms with Crippen LogP contribution in [0.3, 0.4) is 0 Å². The number of carbonyl (C=O) groups excluding carboxylic acids is 1. The van der Waals surface area contributed by atoms with Crippen LogP contribution in [0.25, 0.3) is 11.3 Å². The fourth-order valence-corrected chi connectivity index (χ4v) is 5.50. The van der Waals surface area contributed by atoms with Crippen LogP contribution in [0.4, 0.5) is 10.3 Å². The number of rotatable bonds is 8. The van der Waals surface area contributed by atoms with Gasteiger partial charge in [0.1, 0.15) is 5.82 Å². The first-order chi connectivity index (χ1) is 17.4. The highest BCUT2D eigenvalue weighted by molar-refractivity contribution is 7.93. The van der Waals surface area contributed by atoms with Crippen LogP contribution in [-0.4, -0.2) is 57.6 Å². The first-order valence-electron chi connectivity index (χ1n) is 11.8. The molecule has 1 amide bonds. The van der Waals surface area contributed by atoms with E-state index in [4.69, 9.17) is 4.74 Å². The van der Waals surface area contributed by atoms with Crippen LogP contribution >= 0.6 is 0 Å². The van der Waals surface area contributed by atoms with Crippen molar-refractivity contribution in [3.05, 3.63) is 59.9 Å². The molecule has 1 saturated heterocycles. The summed E-state index contributed by atoms with van der Waals surface area (Å²) < 4.78 is 47.4. The number of anilines is 1. The van der Waals surface area contributed by atoms with E-state index in [9.17, 15) is 13.2 Å². The van der Waals surface area contributed by atoms with Crippen LogP contribution in [-0.2, 0) is 10.0 Å². The molecule has 5 rings (SSSR count). The molecule has 10 nitrogen and oxygen atoms in total. The summed E-state index contributed by atoms with van der Waals surface area (Å²) in [6.07, 6.45) is 7.01. The Bertz CT molecular complexity index is 1400. The minimum Gasteiger partial charge on any atom is -0.477 e. The van der Waals surface area contributed by atoms with Gasteiger partial charge in [-0.05, 0) is 50.8 Å². The highest BCUT2D eigenvalue weighted by atomic mass is 32.2. The van der Waals surface area contributed by atoms with Gasteiger partial charge in [-0.3, -0.25) is 14.5 Å². The minimum atomic E-state index is -3.51. The maximum atomic E-state index is 15.1. The molecule has 12 heteroatoms. The molecule has 1 aliphatic heterocycles. The lowest BCUT2D eigenvalue weighted by molar-refractivity contribution is 0.0728. The van der Waals surface area contributed by atoms with Gasteiger partial charge >= 0.3 is 0 Å². The highest BCUT2D eigenvalue weighted by Crippen LogP contribution is 2.34. The minimum absolute atomic E-state index is 0.0235. The lowest BCUT2D eigenvalue weighted by Gasteiger charge is -2.25. The summed E-state index contributed by atoms with van der Waals surface area (Å²) in [6, 6.07) is 5.54. The first-order valence-corrected chi connectivity index (χ1v) is 13.3. The molecule has 1 atom stereocenters. The van der Waals surface area contributed by atoms with Crippen LogP contribution in [0.15, 0.2) is 42.9 Å². The van der Waals surface area contributed by atoms with Gasteiger partial charge in [-0.2, -0.15) is 0 Å². The topological polar surface area (TPSA) is 127 Å². The quantitative estimate of drug-likeness (QED) is 0.487. The number of benzene rings is 1. The molecular weight excluding hydrogens is 487 g/mol. The van der Waals surface area contributed by atoms with Gasteiger partial charge in [0.25, 0.3) is 5.91 Å². The first kappa shape index (κ1) is 24.0. The molecule has 3 aromatic rings. The molecule has 1 N–H and O–H groups in total. The van der Waals surface area contributed by atoms with E-state index in [0.29, 0.717) is 61.7 Å². The van der Waals surface area contributed by atoms with E-state index < -0.39 is 33.0 Å². The molecule has 1 aromatic carbocycles. The van der Waals surface area contributed by atoms with E-state index in [1.807, 2.05) is 6.92 Å². The largest absolute Gasteiger partial charge is 0.477 e. The van der Waals surface area contributed by atoms with Crippen molar-refractivity contribution in [2.75, 3.05) is 17.9 Å². The zero-order chi connectivity index (χ0) is 25.3. The number of nitrogens with one attached hydrogen (secondary N) is 1. The van der Waals surface area contributed by atoms with Crippen molar-refractivity contribution in [1.29, 1.82) is 0 Å². The lowest BCUT2D eigenvalue weighted by atomic mass is 10.1. The van der Waals surface area contributed by atoms with Gasteiger partial charge in [-0.25, -0.2) is 27.8 Å². The number of sulfonamides is 1. The number of hydrogen-bond donors (Lipinski definition) is 1. The molecular formula is C24H25FN6O4S. The summed E-state index contributed by atoms with van der Waals surface area (Å²) >= 11 is 0. The summed E-state index contributed by atoms with van der Waals surface area (Å²) in [5, 5.41) is -0.409. The van der Waals surface area contributed by atoms with Gasteiger partial charge in [0.05, 0.1) is 47.2 Å². The molecule has 0 spiro atoms. The zero-order valence-electron chi connectivity index (χ0n) is 19.6. The number of ether oxygens (including phenoxy) is 1. The Labute approximate surface area is 208 Å². The molecule has 1 aliphatic carbocycles. The fraction of sp³-hybridized carbons (Fsp3) is 0.375. The van der Waals surface area contributed by atoms with E-state index in [2.05, 4.69) is 24.7 Å². The summed E-state index contributed by atoms with van der Waals surface area (Å²) in [6.45, 7) is 2.69. The van der Waals surface area contributed by atoms with Crippen molar-refractivity contribution in [2.45, 2.75) is 43.9 Å². The lowest BCUT2D eigenvalue weighted by Crippen LogP contribution is -2.32. The average molecular weight is 513 g/mol. The van der Waals surface area contributed by atoms with E-state index in [-0.39, 0.29) is 11.5 Å². The maximum Gasteiger partial charge on any atom is 0.257 e. The Morgan fingerprint density at radius 2 is 2.03 bits per heavy atom. The van der Waals surface area contributed by atoms with Crippen molar-refractivity contribution >= 4 is 21.9 Å². The molecule has 2 aromatic heterocycles. The van der Waals surface area contributed by atoms with Crippen molar-refractivity contribution in [1.82, 2.24) is 24.8 Å². The predicted molar refractivity (Wildman–Crippen MR) is 129 cm³/mol. The normalized spacial score (nSPS) is 17.7. The van der Waals surface area contributed by atoms with Crippen LogP contribution in [0, 0.1) is 5.82 Å². The second-order valence-electron chi connectivity index (χ2n) is 8.68. The van der Waals surface area contributed by atoms with E-state index in [0.717, 1.165) is 0 Å². The zero-order valence-corrected chi connectivity index (χ0v) is 20.4. The van der Waals surface area contributed by atoms with E-state index in [1.165, 1.54) is 30.7 Å². The van der Waals surface area contributed by atoms with Gasteiger partial charge in [0.15, 0.2) is 0 Å². The number of carbonyl (C=O) groups is 1. The Morgan fingerprint density at radius 3 is 2.78 bits per heavy atom. The van der Waals surface area contributed by atoms with Crippen molar-refractivity contribution < 1.29 is 22.3 Å². The molecule has 2 fully saturated rings. The predicted octanol–water partition coefficient (Wildman–Crippen LogP) is 3.35. The Balaban J connectivity index is 1.36. The third kappa shape index (κ3) is 4.99. The Hall–Kier alpha value is -3.67. The van der Waals surface area contributed by atoms with Crippen LogP contribution in [0.1, 0.15) is 54.7 Å². The highest BCUT2D eigenvalue weighted by Gasteiger charge is 2.37. The Kier molecular flexibility index (Phi) is 6.52. The second kappa shape index (κ2) is 9.76. The number of aromatic nitrogens is 4.